The van der Waals surface area contributed by atoms with Crippen molar-refractivity contribution in [1.29, 1.82) is 5.41 Å². The molecule has 1 aromatic rings. The SMILES string of the molecule is N=C(N)c1ccc(Br)cc1N1CCN(C2CCCC2)CC1. The third-order valence-corrected chi connectivity index (χ3v) is 5.24. The van der Waals surface area contributed by atoms with Gasteiger partial charge in [-0.1, -0.05) is 28.8 Å². The summed E-state index contributed by atoms with van der Waals surface area (Å²) in [7, 11) is 0. The normalized spacial score (nSPS) is 20.9. The van der Waals surface area contributed by atoms with Crippen molar-refractivity contribution in [1.82, 2.24) is 4.90 Å². The van der Waals surface area contributed by atoms with Crippen molar-refractivity contribution in [2.45, 2.75) is 31.7 Å². The van der Waals surface area contributed by atoms with E-state index in [4.69, 9.17) is 11.1 Å². The van der Waals surface area contributed by atoms with Gasteiger partial charge >= 0.3 is 0 Å². The number of hydrogen-bond acceptors (Lipinski definition) is 3. The summed E-state index contributed by atoms with van der Waals surface area (Å²) in [6, 6.07) is 6.78. The fraction of sp³-hybridized carbons (Fsp3) is 0.562. The molecule has 0 spiro atoms. The zero-order chi connectivity index (χ0) is 14.8. The Labute approximate surface area is 134 Å². The molecular formula is C16H23BrN4. The molecule has 1 saturated heterocycles. The van der Waals surface area contributed by atoms with E-state index < -0.39 is 0 Å². The van der Waals surface area contributed by atoms with Gasteiger partial charge in [-0.05, 0) is 31.0 Å². The van der Waals surface area contributed by atoms with Crippen LogP contribution in [0, 0.1) is 5.41 Å². The van der Waals surface area contributed by atoms with Gasteiger partial charge in [-0.15, -0.1) is 0 Å². The summed E-state index contributed by atoms with van der Waals surface area (Å²) in [5.74, 6) is 0.149. The molecule has 0 unspecified atom stereocenters. The van der Waals surface area contributed by atoms with Gasteiger partial charge in [0.05, 0.1) is 0 Å². The number of nitrogens with zero attached hydrogens (tertiary/aromatic N) is 2. The lowest BCUT2D eigenvalue weighted by molar-refractivity contribution is 0.187. The Hall–Kier alpha value is -1.07. The maximum absolute atomic E-state index is 7.77. The van der Waals surface area contributed by atoms with Gasteiger partial charge < -0.3 is 10.6 Å². The number of amidine groups is 1. The van der Waals surface area contributed by atoms with E-state index in [9.17, 15) is 0 Å². The second kappa shape index (κ2) is 6.36. The van der Waals surface area contributed by atoms with Gasteiger partial charge in [0.15, 0.2) is 0 Å². The molecule has 1 aliphatic heterocycles. The molecule has 2 aliphatic rings. The highest BCUT2D eigenvalue weighted by atomic mass is 79.9. The van der Waals surface area contributed by atoms with Crippen LogP contribution in [0.3, 0.4) is 0 Å². The summed E-state index contributed by atoms with van der Waals surface area (Å²) in [6.45, 7) is 4.28. The fourth-order valence-corrected chi connectivity index (χ4v) is 3.94. The molecule has 1 saturated carbocycles. The predicted octanol–water partition coefficient (Wildman–Crippen LogP) is 2.80. The van der Waals surface area contributed by atoms with Crippen LogP contribution in [0.4, 0.5) is 5.69 Å². The van der Waals surface area contributed by atoms with Crippen molar-refractivity contribution in [2.75, 3.05) is 31.1 Å². The van der Waals surface area contributed by atoms with Crippen molar-refractivity contribution in [3.05, 3.63) is 28.2 Å². The topological polar surface area (TPSA) is 56.4 Å². The summed E-state index contributed by atoms with van der Waals surface area (Å²) in [5, 5.41) is 7.77. The first-order valence-corrected chi connectivity index (χ1v) is 8.57. The van der Waals surface area contributed by atoms with Crippen molar-refractivity contribution in [2.24, 2.45) is 5.73 Å². The second-order valence-corrected chi connectivity index (χ2v) is 6.95. The van der Waals surface area contributed by atoms with Crippen molar-refractivity contribution in [3.8, 4) is 0 Å². The largest absolute Gasteiger partial charge is 0.384 e. The average molecular weight is 351 g/mol. The number of nitrogens with one attached hydrogen (secondary N) is 1. The Bertz CT molecular complexity index is 517. The van der Waals surface area contributed by atoms with Gasteiger partial charge in [0.1, 0.15) is 5.84 Å². The van der Waals surface area contributed by atoms with E-state index >= 15 is 0 Å². The van der Waals surface area contributed by atoms with Crippen molar-refractivity contribution in [3.63, 3.8) is 0 Å². The third-order valence-electron chi connectivity index (χ3n) is 4.75. The first-order chi connectivity index (χ1) is 10.1. The van der Waals surface area contributed by atoms with Crippen LogP contribution < -0.4 is 10.6 Å². The predicted molar refractivity (Wildman–Crippen MR) is 91.2 cm³/mol. The van der Waals surface area contributed by atoms with Crippen LogP contribution in [0.1, 0.15) is 31.2 Å². The summed E-state index contributed by atoms with van der Waals surface area (Å²) >= 11 is 3.53. The molecule has 3 rings (SSSR count). The summed E-state index contributed by atoms with van der Waals surface area (Å²) in [4.78, 5) is 5.02. The van der Waals surface area contributed by atoms with E-state index in [0.29, 0.717) is 0 Å². The quantitative estimate of drug-likeness (QED) is 0.650. The number of piperazine rings is 1. The van der Waals surface area contributed by atoms with Crippen LogP contribution >= 0.6 is 15.9 Å². The Morgan fingerprint density at radius 1 is 1.14 bits per heavy atom. The maximum atomic E-state index is 7.77. The van der Waals surface area contributed by atoms with E-state index in [1.165, 1.54) is 25.7 Å². The maximum Gasteiger partial charge on any atom is 0.124 e. The second-order valence-electron chi connectivity index (χ2n) is 6.04. The highest BCUT2D eigenvalue weighted by Gasteiger charge is 2.27. The number of benzene rings is 1. The Kier molecular flexibility index (Phi) is 4.50. The molecule has 5 heteroatoms. The molecule has 0 amide bonds. The summed E-state index contributed by atoms with van der Waals surface area (Å²) in [6.07, 6.45) is 5.53. The standard InChI is InChI=1S/C16H23BrN4/c17-12-5-6-14(16(18)19)15(11-12)21-9-7-20(8-10-21)13-3-1-2-4-13/h5-6,11,13H,1-4,7-10H2,(H3,18,19). The zero-order valence-corrected chi connectivity index (χ0v) is 13.9. The Morgan fingerprint density at radius 3 is 2.43 bits per heavy atom. The minimum Gasteiger partial charge on any atom is -0.384 e. The first-order valence-electron chi connectivity index (χ1n) is 7.78. The molecule has 2 fully saturated rings. The highest BCUT2D eigenvalue weighted by molar-refractivity contribution is 9.10. The van der Waals surface area contributed by atoms with Gasteiger partial charge in [-0.25, -0.2) is 0 Å². The van der Waals surface area contributed by atoms with E-state index in [0.717, 1.165) is 47.9 Å². The van der Waals surface area contributed by atoms with Crippen LogP contribution in [0.2, 0.25) is 0 Å². The van der Waals surface area contributed by atoms with Crippen LogP contribution in [0.15, 0.2) is 22.7 Å². The van der Waals surface area contributed by atoms with Gasteiger partial charge in [-0.3, -0.25) is 10.3 Å². The van der Waals surface area contributed by atoms with Gasteiger partial charge in [-0.2, -0.15) is 0 Å². The monoisotopic (exact) mass is 350 g/mol. The molecule has 0 radical (unpaired) electrons. The lowest BCUT2D eigenvalue weighted by atomic mass is 10.1. The number of hydrogen-bond donors (Lipinski definition) is 2. The average Bonchev–Trinajstić information content (AvgIpc) is 3.01. The molecular weight excluding hydrogens is 328 g/mol. The molecule has 0 aromatic heterocycles. The number of anilines is 1. The highest BCUT2D eigenvalue weighted by Crippen LogP contribution is 2.28. The van der Waals surface area contributed by atoms with Crippen LogP contribution in [0.25, 0.3) is 0 Å². The van der Waals surface area contributed by atoms with Gasteiger partial charge in [0.25, 0.3) is 0 Å². The number of nitrogen functional groups attached to an aromatic ring is 1. The molecule has 1 heterocycles. The lowest BCUT2D eigenvalue weighted by Crippen LogP contribution is -2.50. The van der Waals surface area contributed by atoms with E-state index in [1.807, 2.05) is 12.1 Å². The van der Waals surface area contributed by atoms with Crippen LogP contribution in [-0.2, 0) is 0 Å². The number of nitrogens with two attached hydrogens (primary N) is 1. The molecule has 0 atom stereocenters. The molecule has 1 aliphatic carbocycles. The van der Waals surface area contributed by atoms with Gasteiger partial charge in [0, 0.05) is 47.9 Å². The van der Waals surface area contributed by atoms with Crippen molar-refractivity contribution >= 4 is 27.5 Å². The summed E-state index contributed by atoms with van der Waals surface area (Å²) in [5.41, 5.74) is 7.66. The number of halogens is 1. The minimum absolute atomic E-state index is 0.149. The summed E-state index contributed by atoms with van der Waals surface area (Å²) < 4.78 is 1.04. The minimum atomic E-state index is 0.149. The third kappa shape index (κ3) is 3.24. The number of rotatable bonds is 3. The van der Waals surface area contributed by atoms with Crippen molar-refractivity contribution < 1.29 is 0 Å². The van der Waals surface area contributed by atoms with Gasteiger partial charge in [0.2, 0.25) is 0 Å². The molecule has 21 heavy (non-hydrogen) atoms. The fourth-order valence-electron chi connectivity index (χ4n) is 3.59. The Balaban J connectivity index is 1.71. The van der Waals surface area contributed by atoms with Crippen LogP contribution in [-0.4, -0.2) is 43.0 Å². The first kappa shape index (κ1) is 14.9. The van der Waals surface area contributed by atoms with Crippen LogP contribution in [0.5, 0.6) is 0 Å². The molecule has 4 nitrogen and oxygen atoms in total. The van der Waals surface area contributed by atoms with E-state index in [2.05, 4.69) is 31.8 Å². The molecule has 0 bridgehead atoms. The lowest BCUT2D eigenvalue weighted by Gasteiger charge is -2.39. The molecule has 1 aromatic carbocycles. The Morgan fingerprint density at radius 2 is 1.81 bits per heavy atom. The van der Waals surface area contributed by atoms with E-state index in [-0.39, 0.29) is 5.84 Å². The van der Waals surface area contributed by atoms with E-state index in [1.54, 1.807) is 0 Å². The zero-order valence-electron chi connectivity index (χ0n) is 12.3. The molecule has 3 N–H and O–H groups in total. The smallest absolute Gasteiger partial charge is 0.124 e. The molecule has 114 valence electrons.